The fourth-order valence-electron chi connectivity index (χ4n) is 1.11. The molecule has 0 aliphatic carbocycles. The molecule has 1 fully saturated rings. The maximum atomic E-state index is 10.4. The zero-order valence-corrected chi connectivity index (χ0v) is 8.93. The van der Waals surface area contributed by atoms with E-state index in [2.05, 4.69) is 11.8 Å². The Labute approximate surface area is 88.9 Å². The second-order valence-corrected chi connectivity index (χ2v) is 4.27. The Morgan fingerprint density at radius 2 is 1.71 bits per heavy atom. The predicted octanol–water partition coefficient (Wildman–Crippen LogP) is 2.30. The van der Waals surface area contributed by atoms with Gasteiger partial charge in [-0.25, -0.2) is 0 Å². The quantitative estimate of drug-likeness (QED) is 0.771. The van der Waals surface area contributed by atoms with Crippen molar-refractivity contribution in [2.45, 2.75) is 12.8 Å². The van der Waals surface area contributed by atoms with Crippen LogP contribution in [0.4, 0.5) is 0 Å². The number of hydrogen-bond donors (Lipinski definition) is 1. The number of nitrogens with two attached hydrogens (primary N) is 1. The molecule has 1 aromatic carbocycles. The average Bonchev–Trinajstić information content (AvgIpc) is 2.77. The fourth-order valence-corrected chi connectivity index (χ4v) is 2.13. The molecular formula is C11H15NOS. The van der Waals surface area contributed by atoms with Crippen LogP contribution in [0, 0.1) is 0 Å². The van der Waals surface area contributed by atoms with Crippen LogP contribution in [0.5, 0.6) is 0 Å². The summed E-state index contributed by atoms with van der Waals surface area (Å²) < 4.78 is 0. The highest BCUT2D eigenvalue weighted by atomic mass is 32.2. The minimum atomic E-state index is -0.379. The Kier molecular flexibility index (Phi) is 5.15. The molecule has 0 spiro atoms. The van der Waals surface area contributed by atoms with Crippen LogP contribution in [0.15, 0.2) is 30.3 Å². The normalized spacial score (nSPS) is 14.3. The second kappa shape index (κ2) is 6.49. The lowest BCUT2D eigenvalue weighted by atomic mass is 10.2. The summed E-state index contributed by atoms with van der Waals surface area (Å²) >= 11 is 2.07. The third-order valence-electron chi connectivity index (χ3n) is 1.89. The van der Waals surface area contributed by atoms with Crippen LogP contribution in [-0.2, 0) is 0 Å². The summed E-state index contributed by atoms with van der Waals surface area (Å²) in [5, 5.41) is 0. The first kappa shape index (κ1) is 11.1. The SMILES string of the molecule is C1CCSC1.NC(=O)c1ccccc1. The van der Waals surface area contributed by atoms with Gasteiger partial charge in [-0.15, -0.1) is 0 Å². The van der Waals surface area contributed by atoms with Crippen LogP contribution < -0.4 is 5.73 Å². The summed E-state index contributed by atoms with van der Waals surface area (Å²) in [5.41, 5.74) is 5.53. The number of thioether (sulfide) groups is 1. The van der Waals surface area contributed by atoms with E-state index in [1.807, 2.05) is 6.07 Å². The van der Waals surface area contributed by atoms with Gasteiger partial charge in [-0.2, -0.15) is 11.8 Å². The Bertz CT molecular complexity index is 262. The number of primary amides is 1. The Morgan fingerprint density at radius 3 is 2.00 bits per heavy atom. The van der Waals surface area contributed by atoms with E-state index in [1.54, 1.807) is 24.3 Å². The molecule has 1 heterocycles. The molecule has 2 rings (SSSR count). The second-order valence-electron chi connectivity index (χ2n) is 3.05. The molecule has 1 saturated heterocycles. The standard InChI is InChI=1S/C7H7NO.C4H8S/c8-7(9)6-4-2-1-3-5-6;1-2-4-5-3-1/h1-5H,(H2,8,9);1-4H2. The number of hydrogen-bond acceptors (Lipinski definition) is 2. The topological polar surface area (TPSA) is 43.1 Å². The third-order valence-corrected chi connectivity index (χ3v) is 3.04. The molecule has 0 unspecified atom stereocenters. The number of amides is 1. The van der Waals surface area contributed by atoms with Gasteiger partial charge < -0.3 is 5.73 Å². The molecule has 0 aromatic heterocycles. The first-order valence-corrected chi connectivity index (χ1v) is 5.89. The van der Waals surface area contributed by atoms with Crippen molar-refractivity contribution in [2.75, 3.05) is 11.5 Å². The molecule has 0 radical (unpaired) electrons. The fraction of sp³-hybridized carbons (Fsp3) is 0.364. The van der Waals surface area contributed by atoms with E-state index in [-0.39, 0.29) is 5.91 Å². The van der Waals surface area contributed by atoms with Crippen molar-refractivity contribution in [3.63, 3.8) is 0 Å². The van der Waals surface area contributed by atoms with Crippen LogP contribution in [0.2, 0.25) is 0 Å². The molecular weight excluding hydrogens is 194 g/mol. The first-order valence-electron chi connectivity index (χ1n) is 4.73. The van der Waals surface area contributed by atoms with Gasteiger partial charge in [0.15, 0.2) is 0 Å². The van der Waals surface area contributed by atoms with Gasteiger partial charge in [0.25, 0.3) is 0 Å². The maximum Gasteiger partial charge on any atom is 0.248 e. The number of carbonyl (C=O) groups is 1. The van der Waals surface area contributed by atoms with Crippen molar-refractivity contribution in [1.29, 1.82) is 0 Å². The maximum absolute atomic E-state index is 10.4. The molecule has 3 heteroatoms. The Balaban J connectivity index is 0.000000165. The molecule has 76 valence electrons. The summed E-state index contributed by atoms with van der Waals surface area (Å²) in [6, 6.07) is 8.76. The lowest BCUT2D eigenvalue weighted by Crippen LogP contribution is -2.09. The van der Waals surface area contributed by atoms with Crippen LogP contribution in [0.1, 0.15) is 23.2 Å². The predicted molar refractivity (Wildman–Crippen MR) is 61.5 cm³/mol. The zero-order valence-electron chi connectivity index (χ0n) is 8.11. The van der Waals surface area contributed by atoms with Gasteiger partial charge in [-0.05, 0) is 36.5 Å². The average molecular weight is 209 g/mol. The van der Waals surface area contributed by atoms with Crippen molar-refractivity contribution >= 4 is 17.7 Å². The molecule has 0 bridgehead atoms. The van der Waals surface area contributed by atoms with Crippen molar-refractivity contribution in [3.8, 4) is 0 Å². The largest absolute Gasteiger partial charge is 0.366 e. The number of benzene rings is 1. The van der Waals surface area contributed by atoms with Crippen LogP contribution in [0.3, 0.4) is 0 Å². The van der Waals surface area contributed by atoms with Gasteiger partial charge in [-0.3, -0.25) is 4.79 Å². The molecule has 2 nitrogen and oxygen atoms in total. The summed E-state index contributed by atoms with van der Waals surface area (Å²) in [7, 11) is 0. The Morgan fingerprint density at radius 1 is 1.14 bits per heavy atom. The highest BCUT2D eigenvalue weighted by molar-refractivity contribution is 7.99. The highest BCUT2D eigenvalue weighted by Crippen LogP contribution is 2.14. The molecule has 1 aromatic rings. The molecule has 1 aliphatic rings. The minimum Gasteiger partial charge on any atom is -0.366 e. The van der Waals surface area contributed by atoms with Gasteiger partial charge >= 0.3 is 0 Å². The van der Waals surface area contributed by atoms with Gasteiger partial charge in [-0.1, -0.05) is 18.2 Å². The van der Waals surface area contributed by atoms with E-state index in [0.29, 0.717) is 5.56 Å². The molecule has 1 amide bonds. The van der Waals surface area contributed by atoms with Crippen molar-refractivity contribution in [3.05, 3.63) is 35.9 Å². The lowest BCUT2D eigenvalue weighted by Gasteiger charge is -1.89. The van der Waals surface area contributed by atoms with Crippen molar-refractivity contribution < 1.29 is 4.79 Å². The van der Waals surface area contributed by atoms with Gasteiger partial charge in [0.05, 0.1) is 0 Å². The van der Waals surface area contributed by atoms with Gasteiger partial charge in [0.1, 0.15) is 0 Å². The molecule has 14 heavy (non-hydrogen) atoms. The third kappa shape index (κ3) is 4.33. The Hall–Kier alpha value is -0.960. The summed E-state index contributed by atoms with van der Waals surface area (Å²) in [4.78, 5) is 10.4. The van der Waals surface area contributed by atoms with Crippen molar-refractivity contribution in [1.82, 2.24) is 0 Å². The van der Waals surface area contributed by atoms with Gasteiger partial charge in [0, 0.05) is 5.56 Å². The monoisotopic (exact) mass is 209 g/mol. The van der Waals surface area contributed by atoms with Crippen LogP contribution in [-0.4, -0.2) is 17.4 Å². The number of carbonyl (C=O) groups excluding carboxylic acids is 1. The van der Waals surface area contributed by atoms with E-state index >= 15 is 0 Å². The summed E-state index contributed by atoms with van der Waals surface area (Å²) in [6.07, 6.45) is 2.93. The first-order chi connectivity index (χ1) is 6.80. The van der Waals surface area contributed by atoms with E-state index in [4.69, 9.17) is 5.73 Å². The molecule has 2 N–H and O–H groups in total. The molecule has 0 saturated carbocycles. The minimum absolute atomic E-state index is 0.379. The van der Waals surface area contributed by atoms with Crippen LogP contribution >= 0.6 is 11.8 Å². The smallest absolute Gasteiger partial charge is 0.248 e. The van der Waals surface area contributed by atoms with Crippen LogP contribution in [0.25, 0.3) is 0 Å². The summed E-state index contributed by atoms with van der Waals surface area (Å²) in [5.74, 6) is 2.45. The van der Waals surface area contributed by atoms with E-state index < -0.39 is 0 Å². The van der Waals surface area contributed by atoms with E-state index in [0.717, 1.165) is 0 Å². The lowest BCUT2D eigenvalue weighted by molar-refractivity contribution is 0.100. The molecule has 0 atom stereocenters. The van der Waals surface area contributed by atoms with E-state index in [9.17, 15) is 4.79 Å². The number of rotatable bonds is 1. The molecule has 1 aliphatic heterocycles. The van der Waals surface area contributed by atoms with Gasteiger partial charge in [0.2, 0.25) is 5.91 Å². The zero-order chi connectivity index (χ0) is 10.2. The highest BCUT2D eigenvalue weighted by Gasteiger charge is 1.95. The van der Waals surface area contributed by atoms with Crippen molar-refractivity contribution in [2.24, 2.45) is 5.73 Å². The van der Waals surface area contributed by atoms with E-state index in [1.165, 1.54) is 24.3 Å². The summed E-state index contributed by atoms with van der Waals surface area (Å²) in [6.45, 7) is 0.